The number of aliphatic hydroxyl groups excluding tert-OH is 1. The predicted octanol–water partition coefficient (Wildman–Crippen LogP) is 3.04. The second kappa shape index (κ2) is 14.6. The lowest BCUT2D eigenvalue weighted by Crippen LogP contribution is -2.46. The molecule has 5 N–H and O–H groups in total. The maximum Gasteiger partial charge on any atom is 0.337 e. The summed E-state index contributed by atoms with van der Waals surface area (Å²) < 4.78 is 5.44. The van der Waals surface area contributed by atoms with Gasteiger partial charge in [0.2, 0.25) is 11.8 Å². The van der Waals surface area contributed by atoms with E-state index in [9.17, 15) is 19.5 Å². The van der Waals surface area contributed by atoms with E-state index in [4.69, 9.17) is 32.0 Å². The third-order valence-electron chi connectivity index (χ3n) is 6.65. The van der Waals surface area contributed by atoms with Crippen molar-refractivity contribution in [3.8, 4) is 5.75 Å². The van der Waals surface area contributed by atoms with Crippen LogP contribution >= 0.6 is 11.6 Å². The van der Waals surface area contributed by atoms with E-state index < -0.39 is 23.7 Å². The summed E-state index contributed by atoms with van der Waals surface area (Å²) in [4.78, 5) is 49.7. The molecule has 216 valence electrons. The zero-order chi connectivity index (χ0) is 29.2. The number of aliphatic hydroxyl groups is 1. The molecule has 2 atom stereocenters. The van der Waals surface area contributed by atoms with Crippen LogP contribution in [0.4, 0.5) is 5.69 Å². The van der Waals surface area contributed by atoms with E-state index in [0.29, 0.717) is 22.8 Å². The number of hydrogen-bond acceptors (Lipinski definition) is 9. The first-order chi connectivity index (χ1) is 19.2. The number of rotatable bonds is 12. The maximum absolute atomic E-state index is 13.8. The third kappa shape index (κ3) is 7.93. The van der Waals surface area contributed by atoms with Crippen molar-refractivity contribution in [1.82, 2.24) is 10.4 Å². The van der Waals surface area contributed by atoms with Crippen molar-refractivity contribution in [2.24, 2.45) is 10.9 Å². The fraction of sp³-hybridized carbons (Fsp3) is 0.429. The average Bonchev–Trinajstić information content (AvgIpc) is 3.07. The van der Waals surface area contributed by atoms with Gasteiger partial charge in [0.15, 0.2) is 0 Å². The summed E-state index contributed by atoms with van der Waals surface area (Å²) in [5.41, 5.74) is 10.1. The Morgan fingerprint density at radius 3 is 2.70 bits per heavy atom. The van der Waals surface area contributed by atoms with Crippen LogP contribution in [-0.2, 0) is 20.8 Å². The number of nitrogens with one attached hydrogen (secondary N) is 1. The fourth-order valence-corrected chi connectivity index (χ4v) is 4.86. The van der Waals surface area contributed by atoms with E-state index in [-0.39, 0.29) is 62.1 Å². The highest BCUT2D eigenvalue weighted by molar-refractivity contribution is 6.30. The maximum atomic E-state index is 13.8. The molecule has 1 unspecified atom stereocenters. The number of aliphatic imine (C=N–C) groups is 1. The van der Waals surface area contributed by atoms with Gasteiger partial charge < -0.3 is 20.7 Å². The number of hydroxylamine groups is 1. The SMILES string of the molecule is CCC[C@@H](CC(=O)N1CC(NOCCO)=NCC(Cc2cc(Cl)ccc2OC)C1=O)c1ccc(C(=O)O)c(N)c1. The minimum Gasteiger partial charge on any atom is -0.496 e. The third-order valence-corrected chi connectivity index (χ3v) is 6.89. The predicted molar refractivity (Wildman–Crippen MR) is 150 cm³/mol. The lowest BCUT2D eigenvalue weighted by molar-refractivity contribution is -0.146. The Bertz CT molecular complexity index is 1250. The molecule has 40 heavy (non-hydrogen) atoms. The van der Waals surface area contributed by atoms with Gasteiger partial charge in [-0.15, -0.1) is 0 Å². The number of amidine groups is 1. The molecule has 0 aliphatic carbocycles. The van der Waals surface area contributed by atoms with Gasteiger partial charge in [-0.2, -0.15) is 0 Å². The van der Waals surface area contributed by atoms with Crippen molar-refractivity contribution >= 4 is 40.9 Å². The molecule has 2 amide bonds. The number of amides is 2. The Morgan fingerprint density at radius 2 is 2.05 bits per heavy atom. The van der Waals surface area contributed by atoms with E-state index >= 15 is 0 Å². The molecule has 2 aromatic rings. The number of nitrogen functional groups attached to an aromatic ring is 1. The van der Waals surface area contributed by atoms with Gasteiger partial charge in [0.05, 0.1) is 44.9 Å². The summed E-state index contributed by atoms with van der Waals surface area (Å²) in [6.07, 6.45) is 1.63. The molecule has 1 aliphatic heterocycles. The molecular weight excluding hydrogens is 540 g/mol. The van der Waals surface area contributed by atoms with Gasteiger partial charge in [0.25, 0.3) is 0 Å². The van der Waals surface area contributed by atoms with Crippen molar-refractivity contribution in [1.29, 1.82) is 0 Å². The van der Waals surface area contributed by atoms with Crippen LogP contribution in [0.2, 0.25) is 5.02 Å². The first-order valence-electron chi connectivity index (χ1n) is 13.0. The molecular formula is C28H35ClN4O7. The summed E-state index contributed by atoms with van der Waals surface area (Å²) in [5.74, 6) is -2.06. The number of imide groups is 1. The van der Waals surface area contributed by atoms with Crippen molar-refractivity contribution < 1.29 is 34.2 Å². The van der Waals surface area contributed by atoms with Gasteiger partial charge in [0, 0.05) is 17.1 Å². The lowest BCUT2D eigenvalue weighted by atomic mass is 9.89. The number of aromatic carboxylic acids is 1. The highest BCUT2D eigenvalue weighted by Gasteiger charge is 2.34. The number of carbonyl (C=O) groups is 3. The zero-order valence-corrected chi connectivity index (χ0v) is 23.3. The largest absolute Gasteiger partial charge is 0.496 e. The van der Waals surface area contributed by atoms with Crippen LogP contribution in [0.5, 0.6) is 5.75 Å². The van der Waals surface area contributed by atoms with Gasteiger partial charge in [-0.25, -0.2) is 4.79 Å². The second-order valence-corrected chi connectivity index (χ2v) is 9.91. The van der Waals surface area contributed by atoms with Gasteiger partial charge in [-0.1, -0.05) is 31.0 Å². The standard InChI is InChI=1S/C28H35ClN4O7/c1-3-4-17(18-5-7-22(28(37)38)23(30)13-18)14-26(35)33-16-25(32-40-10-9-34)31-15-20(27(33)36)11-19-12-21(29)6-8-24(19)39-2/h5-8,12-13,17,20,34H,3-4,9-11,14-16,30H2,1-2H3,(H,31,32)(H,37,38)/t17-,20?/m0/s1. The Balaban J connectivity index is 1.89. The van der Waals surface area contributed by atoms with Crippen molar-refractivity contribution in [2.75, 3.05) is 39.1 Å². The molecule has 0 aromatic heterocycles. The number of nitrogens with zero attached hydrogens (tertiary/aromatic N) is 2. The molecule has 0 saturated carbocycles. The molecule has 1 heterocycles. The Labute approximate surface area is 237 Å². The highest BCUT2D eigenvalue weighted by Crippen LogP contribution is 2.30. The molecule has 0 bridgehead atoms. The highest BCUT2D eigenvalue weighted by atomic mass is 35.5. The normalized spacial score (nSPS) is 16.2. The molecule has 0 fully saturated rings. The van der Waals surface area contributed by atoms with E-state index in [1.807, 2.05) is 6.92 Å². The average molecular weight is 575 g/mol. The molecule has 0 spiro atoms. The van der Waals surface area contributed by atoms with Crippen LogP contribution in [0.25, 0.3) is 0 Å². The first kappa shape index (κ1) is 30.9. The number of ether oxygens (including phenoxy) is 1. The van der Waals surface area contributed by atoms with Gasteiger partial charge >= 0.3 is 5.97 Å². The minimum atomic E-state index is -1.13. The quantitative estimate of drug-likeness (QED) is 0.169. The van der Waals surface area contributed by atoms with Gasteiger partial charge in [-0.05, 0) is 60.2 Å². The lowest BCUT2D eigenvalue weighted by Gasteiger charge is -2.26. The number of benzene rings is 2. The van der Waals surface area contributed by atoms with E-state index in [2.05, 4.69) is 10.5 Å². The van der Waals surface area contributed by atoms with Crippen molar-refractivity contribution in [3.63, 3.8) is 0 Å². The van der Waals surface area contributed by atoms with E-state index in [0.717, 1.165) is 12.0 Å². The summed E-state index contributed by atoms with van der Waals surface area (Å²) >= 11 is 6.20. The summed E-state index contributed by atoms with van der Waals surface area (Å²) in [6, 6.07) is 9.80. The van der Waals surface area contributed by atoms with E-state index in [1.54, 1.807) is 30.3 Å². The molecule has 12 heteroatoms. The van der Waals surface area contributed by atoms with Crippen molar-refractivity contribution in [3.05, 3.63) is 58.1 Å². The first-order valence-corrected chi connectivity index (χ1v) is 13.4. The van der Waals surface area contributed by atoms with Crippen LogP contribution in [0.1, 0.15) is 53.6 Å². The number of carbonyl (C=O) groups excluding carboxylic acids is 2. The topological polar surface area (TPSA) is 164 Å². The summed E-state index contributed by atoms with van der Waals surface area (Å²) in [6.45, 7) is 1.71. The summed E-state index contributed by atoms with van der Waals surface area (Å²) in [7, 11) is 1.53. The number of anilines is 1. The molecule has 1 aliphatic rings. The molecule has 3 rings (SSSR count). The fourth-order valence-electron chi connectivity index (χ4n) is 4.66. The van der Waals surface area contributed by atoms with E-state index in [1.165, 1.54) is 18.1 Å². The minimum absolute atomic E-state index is 0.00339. The van der Waals surface area contributed by atoms with Crippen molar-refractivity contribution in [2.45, 2.75) is 38.5 Å². The van der Waals surface area contributed by atoms with Crippen LogP contribution in [0, 0.1) is 5.92 Å². The number of hydrogen-bond donors (Lipinski definition) is 4. The van der Waals surface area contributed by atoms with Gasteiger partial charge in [0.1, 0.15) is 11.6 Å². The van der Waals surface area contributed by atoms with Crippen LogP contribution < -0.4 is 16.0 Å². The second-order valence-electron chi connectivity index (χ2n) is 9.48. The smallest absolute Gasteiger partial charge is 0.337 e. The Hall–Kier alpha value is -3.67. The van der Waals surface area contributed by atoms with Gasteiger partial charge in [-0.3, -0.25) is 29.8 Å². The number of nitrogens with two attached hydrogens (primary N) is 1. The van der Waals surface area contributed by atoms with Crippen LogP contribution in [0.15, 0.2) is 41.4 Å². The number of methoxy groups -OCH3 is 1. The number of carboxylic acid groups (broad SMARTS) is 1. The zero-order valence-electron chi connectivity index (χ0n) is 22.6. The Morgan fingerprint density at radius 1 is 1.27 bits per heavy atom. The summed E-state index contributed by atoms with van der Waals surface area (Å²) in [5, 5.41) is 18.9. The number of carboxylic acids is 1. The molecule has 0 radical (unpaired) electrons. The molecule has 2 aromatic carbocycles. The molecule has 11 nitrogen and oxygen atoms in total. The molecule has 0 saturated heterocycles. The monoisotopic (exact) mass is 574 g/mol. The number of halogens is 1. The van der Waals surface area contributed by atoms with Crippen LogP contribution in [0.3, 0.4) is 0 Å². The van der Waals surface area contributed by atoms with Crippen LogP contribution in [-0.4, -0.2) is 72.1 Å². The Kier molecular flexibility index (Phi) is 11.3.